The van der Waals surface area contributed by atoms with Gasteiger partial charge in [0.1, 0.15) is 5.75 Å². The molecule has 2 rings (SSSR count). The molecule has 1 aromatic rings. The summed E-state index contributed by atoms with van der Waals surface area (Å²) in [6, 6.07) is 3.77. The molecule has 0 saturated carbocycles. The summed E-state index contributed by atoms with van der Waals surface area (Å²) >= 11 is 0. The number of aromatic hydroxyl groups is 1. The third kappa shape index (κ3) is 0.994. The zero-order chi connectivity index (χ0) is 7.84. The van der Waals surface area contributed by atoms with Crippen molar-refractivity contribution in [3.05, 3.63) is 28.8 Å². The van der Waals surface area contributed by atoms with Gasteiger partial charge in [0.05, 0.1) is 13.2 Å². The number of benzene rings is 1. The van der Waals surface area contributed by atoms with Gasteiger partial charge in [0.15, 0.2) is 0 Å². The number of hydrogen-bond acceptors (Lipinski definition) is 2. The largest absolute Gasteiger partial charge is 0.508 e. The van der Waals surface area contributed by atoms with E-state index >= 15 is 0 Å². The van der Waals surface area contributed by atoms with Gasteiger partial charge in [-0.2, -0.15) is 0 Å². The molecular formula is C9H10O2. The molecule has 0 aromatic heterocycles. The predicted molar refractivity (Wildman–Crippen MR) is 41.3 cm³/mol. The molecule has 2 heteroatoms. The third-order valence-corrected chi connectivity index (χ3v) is 2.03. The number of phenols is 1. The summed E-state index contributed by atoms with van der Waals surface area (Å²) in [5, 5.41) is 9.33. The Balaban J connectivity index is 2.57. The van der Waals surface area contributed by atoms with Crippen molar-refractivity contribution in [2.24, 2.45) is 0 Å². The predicted octanol–water partition coefficient (Wildman–Crippen LogP) is 1.73. The molecule has 2 nitrogen and oxygen atoms in total. The van der Waals surface area contributed by atoms with Gasteiger partial charge in [0.2, 0.25) is 0 Å². The highest BCUT2D eigenvalue weighted by molar-refractivity contribution is 5.41. The highest BCUT2D eigenvalue weighted by Gasteiger charge is 2.12. The van der Waals surface area contributed by atoms with Crippen molar-refractivity contribution in [3.8, 4) is 5.75 Å². The van der Waals surface area contributed by atoms with Crippen LogP contribution in [0.3, 0.4) is 0 Å². The first-order valence-electron chi connectivity index (χ1n) is 3.66. The lowest BCUT2D eigenvalue weighted by Gasteiger charge is -2.01. The SMILES string of the molecule is Cc1cc2c(cc1O)COC2. The molecule has 1 aliphatic rings. The standard InChI is InChI=1S/C9H10O2/c1-6-2-7-4-11-5-8(7)3-9(6)10/h2-3,10H,4-5H2,1H3. The van der Waals surface area contributed by atoms with Gasteiger partial charge in [0.25, 0.3) is 0 Å². The minimum atomic E-state index is 0.370. The maximum absolute atomic E-state index is 9.33. The van der Waals surface area contributed by atoms with Gasteiger partial charge < -0.3 is 9.84 Å². The van der Waals surface area contributed by atoms with Crippen LogP contribution in [0.15, 0.2) is 12.1 Å². The average molecular weight is 150 g/mol. The van der Waals surface area contributed by atoms with Crippen molar-refractivity contribution in [1.29, 1.82) is 0 Å². The first-order valence-corrected chi connectivity index (χ1v) is 3.66. The minimum absolute atomic E-state index is 0.370. The number of rotatable bonds is 0. The van der Waals surface area contributed by atoms with Gasteiger partial charge in [-0.3, -0.25) is 0 Å². The Hall–Kier alpha value is -1.02. The zero-order valence-electron chi connectivity index (χ0n) is 6.42. The molecule has 0 amide bonds. The lowest BCUT2D eigenvalue weighted by molar-refractivity contribution is 0.134. The smallest absolute Gasteiger partial charge is 0.118 e. The molecule has 0 atom stereocenters. The van der Waals surface area contributed by atoms with Gasteiger partial charge >= 0.3 is 0 Å². The van der Waals surface area contributed by atoms with Gasteiger partial charge in [-0.15, -0.1) is 0 Å². The van der Waals surface area contributed by atoms with Crippen molar-refractivity contribution < 1.29 is 9.84 Å². The average Bonchev–Trinajstić information content (AvgIpc) is 2.36. The van der Waals surface area contributed by atoms with Gasteiger partial charge in [-0.25, -0.2) is 0 Å². The van der Waals surface area contributed by atoms with Crippen LogP contribution in [-0.2, 0) is 18.0 Å². The van der Waals surface area contributed by atoms with Gasteiger partial charge in [-0.1, -0.05) is 0 Å². The maximum Gasteiger partial charge on any atom is 0.118 e. The van der Waals surface area contributed by atoms with E-state index in [-0.39, 0.29) is 0 Å². The second-order valence-electron chi connectivity index (χ2n) is 2.90. The monoisotopic (exact) mass is 150 g/mol. The highest BCUT2D eigenvalue weighted by atomic mass is 16.5. The lowest BCUT2D eigenvalue weighted by atomic mass is 10.1. The highest BCUT2D eigenvalue weighted by Crippen LogP contribution is 2.26. The number of ether oxygens (including phenoxy) is 1. The van der Waals surface area contributed by atoms with Gasteiger partial charge in [0, 0.05) is 0 Å². The second-order valence-corrected chi connectivity index (χ2v) is 2.90. The summed E-state index contributed by atoms with van der Waals surface area (Å²) in [6.07, 6.45) is 0. The van der Waals surface area contributed by atoms with Crippen LogP contribution >= 0.6 is 0 Å². The zero-order valence-corrected chi connectivity index (χ0v) is 6.42. The van der Waals surface area contributed by atoms with E-state index in [9.17, 15) is 5.11 Å². The normalized spacial score (nSPS) is 15.0. The molecular weight excluding hydrogens is 140 g/mol. The molecule has 1 aliphatic heterocycles. The van der Waals surface area contributed by atoms with Crippen molar-refractivity contribution in [1.82, 2.24) is 0 Å². The van der Waals surface area contributed by atoms with Crippen LogP contribution in [0.4, 0.5) is 0 Å². The summed E-state index contributed by atoms with van der Waals surface area (Å²) in [5.41, 5.74) is 3.25. The molecule has 0 aliphatic carbocycles. The summed E-state index contributed by atoms with van der Waals surface area (Å²) < 4.78 is 5.21. The Morgan fingerprint density at radius 2 is 1.91 bits per heavy atom. The Kier molecular flexibility index (Phi) is 1.36. The molecule has 1 aromatic carbocycles. The van der Waals surface area contributed by atoms with Crippen molar-refractivity contribution in [2.75, 3.05) is 0 Å². The van der Waals surface area contributed by atoms with Crippen molar-refractivity contribution in [3.63, 3.8) is 0 Å². The van der Waals surface area contributed by atoms with Crippen LogP contribution < -0.4 is 0 Å². The molecule has 58 valence electrons. The molecule has 0 radical (unpaired) electrons. The van der Waals surface area contributed by atoms with Crippen molar-refractivity contribution in [2.45, 2.75) is 20.1 Å². The van der Waals surface area contributed by atoms with E-state index in [1.54, 1.807) is 6.07 Å². The third-order valence-electron chi connectivity index (χ3n) is 2.03. The van der Waals surface area contributed by atoms with E-state index < -0.39 is 0 Å². The van der Waals surface area contributed by atoms with Crippen LogP contribution in [0.5, 0.6) is 5.75 Å². The van der Waals surface area contributed by atoms with Crippen LogP contribution in [0, 0.1) is 6.92 Å². The fraction of sp³-hybridized carbons (Fsp3) is 0.333. The maximum atomic E-state index is 9.33. The Bertz CT molecular complexity index is 263. The first kappa shape index (κ1) is 6.68. The summed E-state index contributed by atoms with van der Waals surface area (Å²) in [6.45, 7) is 3.23. The van der Waals surface area contributed by atoms with Crippen LogP contribution in [0.25, 0.3) is 0 Å². The molecule has 1 N–H and O–H groups in total. The van der Waals surface area contributed by atoms with Gasteiger partial charge in [-0.05, 0) is 35.7 Å². The topological polar surface area (TPSA) is 29.5 Å². The number of aryl methyl sites for hydroxylation is 1. The summed E-state index contributed by atoms with van der Waals surface area (Å²) in [7, 11) is 0. The molecule has 0 spiro atoms. The molecule has 0 bridgehead atoms. The van der Waals surface area contributed by atoms with Crippen LogP contribution in [0.2, 0.25) is 0 Å². The minimum Gasteiger partial charge on any atom is -0.508 e. The van der Waals surface area contributed by atoms with E-state index in [2.05, 4.69) is 0 Å². The Morgan fingerprint density at radius 1 is 1.27 bits per heavy atom. The van der Waals surface area contributed by atoms with Crippen LogP contribution in [-0.4, -0.2) is 5.11 Å². The fourth-order valence-corrected chi connectivity index (χ4v) is 1.34. The summed E-state index contributed by atoms with van der Waals surface area (Å²) in [5.74, 6) is 0.370. The lowest BCUT2D eigenvalue weighted by Crippen LogP contribution is -1.83. The van der Waals surface area contributed by atoms with Crippen LogP contribution in [0.1, 0.15) is 16.7 Å². The Morgan fingerprint density at radius 3 is 2.64 bits per heavy atom. The molecule has 0 saturated heterocycles. The van der Waals surface area contributed by atoms with E-state index in [0.29, 0.717) is 19.0 Å². The van der Waals surface area contributed by atoms with E-state index in [1.807, 2.05) is 13.0 Å². The summed E-state index contributed by atoms with van der Waals surface area (Å²) in [4.78, 5) is 0. The fourth-order valence-electron chi connectivity index (χ4n) is 1.34. The Labute approximate surface area is 65.4 Å². The first-order chi connectivity index (χ1) is 5.27. The molecule has 0 unspecified atom stereocenters. The number of fused-ring (bicyclic) bond motifs is 1. The number of hydrogen-bond donors (Lipinski definition) is 1. The van der Waals surface area contributed by atoms with E-state index in [4.69, 9.17) is 4.74 Å². The molecule has 1 heterocycles. The molecule has 11 heavy (non-hydrogen) atoms. The van der Waals surface area contributed by atoms with E-state index in [1.165, 1.54) is 5.56 Å². The van der Waals surface area contributed by atoms with E-state index in [0.717, 1.165) is 11.1 Å². The van der Waals surface area contributed by atoms with Crippen molar-refractivity contribution >= 4 is 0 Å². The second kappa shape index (κ2) is 2.24. The quantitative estimate of drug-likeness (QED) is 0.610. The molecule has 0 fully saturated rings. The number of phenolic OH excluding ortho intramolecular Hbond substituents is 1.